The second-order valence-electron chi connectivity index (χ2n) is 4.62. The average Bonchev–Trinajstić information content (AvgIpc) is 2.29. The van der Waals surface area contributed by atoms with Gasteiger partial charge in [-0.25, -0.2) is 0 Å². The third kappa shape index (κ3) is 3.59. The lowest BCUT2D eigenvalue weighted by Gasteiger charge is -2.15. The molecule has 0 saturated carbocycles. The smallest absolute Gasteiger partial charge is 0.403 e. The minimum Gasteiger partial charge on any atom is -0.403 e. The van der Waals surface area contributed by atoms with Gasteiger partial charge in [-0.15, -0.1) is 0 Å². The van der Waals surface area contributed by atoms with Crippen molar-refractivity contribution in [3.63, 3.8) is 0 Å². The summed E-state index contributed by atoms with van der Waals surface area (Å²) in [6.07, 6.45) is -0.983. The molecule has 0 aliphatic rings. The predicted octanol–water partition coefficient (Wildman–Crippen LogP) is 2.34. The van der Waals surface area contributed by atoms with E-state index in [1.54, 1.807) is 57.2 Å². The second kappa shape index (κ2) is 5.32. The summed E-state index contributed by atoms with van der Waals surface area (Å²) in [6, 6.07) is 10.2. The number of rotatable bonds is 1. The molecule has 1 rings (SSSR count). The van der Waals surface area contributed by atoms with E-state index in [9.17, 15) is 10.0 Å². The van der Waals surface area contributed by atoms with E-state index >= 15 is 0 Å². The average molecular weight is 247 g/mol. The zero-order valence-corrected chi connectivity index (χ0v) is 10.5. The van der Waals surface area contributed by atoms with Crippen molar-refractivity contribution in [3.05, 3.63) is 35.9 Å². The first-order valence-corrected chi connectivity index (χ1v) is 5.39. The van der Waals surface area contributed by atoms with Crippen LogP contribution in [0.2, 0.25) is 0 Å². The molecular weight excluding hydrogens is 232 g/mol. The van der Waals surface area contributed by atoms with Gasteiger partial charge < -0.3 is 4.74 Å². The Morgan fingerprint density at radius 1 is 1.33 bits per heavy atom. The van der Waals surface area contributed by atoms with Crippen LogP contribution in [0.4, 0.5) is 4.79 Å². The predicted molar refractivity (Wildman–Crippen MR) is 64.4 cm³/mol. The van der Waals surface area contributed by atoms with E-state index < -0.39 is 11.7 Å². The maximum Gasteiger partial charge on any atom is 0.647 e. The van der Waals surface area contributed by atoms with Crippen LogP contribution in [0, 0.1) is 11.3 Å². The van der Waals surface area contributed by atoms with E-state index in [0.717, 1.165) is 0 Å². The van der Waals surface area contributed by atoms with Crippen LogP contribution < -0.4 is 0 Å². The molecule has 0 aliphatic carbocycles. The third-order valence-corrected chi connectivity index (χ3v) is 1.93. The van der Waals surface area contributed by atoms with Gasteiger partial charge in [0.25, 0.3) is 0 Å². The molecule has 0 unspecified atom stereocenters. The highest BCUT2D eigenvalue weighted by Gasteiger charge is 2.31. The van der Waals surface area contributed by atoms with E-state index in [1.807, 2.05) is 0 Å². The van der Waals surface area contributed by atoms with Crippen LogP contribution in [-0.4, -0.2) is 27.4 Å². The van der Waals surface area contributed by atoms with Gasteiger partial charge in [-0.2, -0.15) is 10.1 Å². The number of benzene rings is 1. The molecule has 0 bridgehead atoms. The van der Waals surface area contributed by atoms with E-state index in [-0.39, 0.29) is 10.5 Å². The zero-order valence-electron chi connectivity index (χ0n) is 10.5. The first kappa shape index (κ1) is 13.7. The van der Waals surface area contributed by atoms with E-state index in [0.29, 0.717) is 5.56 Å². The number of hydrogen-bond donors (Lipinski definition) is 1. The summed E-state index contributed by atoms with van der Waals surface area (Å²) < 4.78 is 5.19. The van der Waals surface area contributed by atoms with Crippen LogP contribution in [-0.2, 0) is 4.74 Å². The number of amides is 1. The highest BCUT2D eigenvalue weighted by Crippen LogP contribution is 2.08. The van der Waals surface area contributed by atoms with Crippen LogP contribution >= 0.6 is 0 Å². The number of nitriles is 1. The highest BCUT2D eigenvalue weighted by molar-refractivity contribution is 6.09. The molecule has 0 spiro atoms. The van der Waals surface area contributed by atoms with Crippen LogP contribution in [0.5, 0.6) is 0 Å². The molecule has 0 heterocycles. The Morgan fingerprint density at radius 2 is 1.89 bits per heavy atom. The van der Waals surface area contributed by atoms with Crippen molar-refractivity contribution in [1.29, 1.82) is 5.26 Å². The Hall–Kier alpha value is -2.35. The molecule has 0 radical (unpaired) electrons. The van der Waals surface area contributed by atoms with Crippen molar-refractivity contribution in [2.24, 2.45) is 0 Å². The van der Waals surface area contributed by atoms with Gasteiger partial charge in [0.05, 0.1) is 5.56 Å². The minimum absolute atomic E-state index is 0.176. The number of hydroxylamine groups is 1. The molecule has 1 N–H and O–H groups in total. The van der Waals surface area contributed by atoms with Crippen molar-refractivity contribution in [3.8, 4) is 6.07 Å². The topological polar surface area (TPSA) is 73.3 Å². The van der Waals surface area contributed by atoms with Crippen LogP contribution in [0.15, 0.2) is 30.3 Å². The Bertz CT molecular complexity index is 507. The molecule has 0 aliphatic heterocycles. The molecule has 94 valence electrons. The summed E-state index contributed by atoms with van der Waals surface area (Å²) in [5.41, 5.74) is -0.479. The van der Waals surface area contributed by atoms with E-state index in [2.05, 4.69) is 0 Å². The lowest BCUT2D eigenvalue weighted by atomic mass is 10.1. The Balaban J connectivity index is 3.10. The van der Waals surface area contributed by atoms with Gasteiger partial charge in [-0.1, -0.05) is 18.2 Å². The summed E-state index contributed by atoms with van der Waals surface area (Å²) in [6.45, 7) is 5.02. The van der Waals surface area contributed by atoms with Gasteiger partial charge >= 0.3 is 11.8 Å². The summed E-state index contributed by atoms with van der Waals surface area (Å²) >= 11 is 0. The van der Waals surface area contributed by atoms with Crippen molar-refractivity contribution in [1.82, 2.24) is 0 Å². The van der Waals surface area contributed by atoms with Gasteiger partial charge in [0, 0.05) is 0 Å². The van der Waals surface area contributed by atoms with Crippen LogP contribution in [0.3, 0.4) is 0 Å². The summed E-state index contributed by atoms with van der Waals surface area (Å²) in [5, 5.41) is 18.7. The molecule has 1 amide bonds. The van der Waals surface area contributed by atoms with Crippen LogP contribution in [0.1, 0.15) is 26.3 Å². The Morgan fingerprint density at radius 3 is 2.33 bits per heavy atom. The maximum atomic E-state index is 11.6. The normalized spacial score (nSPS) is 12.3. The molecule has 0 fully saturated rings. The molecule has 5 heteroatoms. The Labute approximate surface area is 106 Å². The number of carbonyl (C=O) groups excluding carboxylic acids is 1. The fraction of sp³-hybridized carbons (Fsp3) is 0.308. The largest absolute Gasteiger partial charge is 0.647 e. The maximum absolute atomic E-state index is 11.6. The number of ether oxygens (including phenoxy) is 1. The zero-order chi connectivity index (χ0) is 13.8. The number of nitrogens with zero attached hydrogens (tertiary/aromatic N) is 2. The van der Waals surface area contributed by atoms with Crippen molar-refractivity contribution in [2.75, 3.05) is 0 Å². The molecule has 0 atom stereocenters. The molecule has 0 aromatic heterocycles. The fourth-order valence-corrected chi connectivity index (χ4v) is 1.23. The molecule has 18 heavy (non-hydrogen) atoms. The molecule has 0 saturated heterocycles. The SMILES string of the molecule is CC(C)(C)OC(=O)/[N+](O)=C(\C#N)c1ccccc1. The van der Waals surface area contributed by atoms with Gasteiger partial charge in [-0.05, 0) is 32.9 Å². The first-order chi connectivity index (χ1) is 8.35. The lowest BCUT2D eigenvalue weighted by molar-refractivity contribution is -0.708. The molecule has 5 nitrogen and oxygen atoms in total. The molecule has 1 aromatic carbocycles. The summed E-state index contributed by atoms with van der Waals surface area (Å²) in [7, 11) is 0. The minimum atomic E-state index is -0.983. The summed E-state index contributed by atoms with van der Waals surface area (Å²) in [5.74, 6) is 0. The van der Waals surface area contributed by atoms with Crippen molar-refractivity contribution < 1.29 is 19.5 Å². The summed E-state index contributed by atoms with van der Waals surface area (Å²) in [4.78, 5) is 11.6. The molecule has 1 aromatic rings. The second-order valence-corrected chi connectivity index (χ2v) is 4.62. The number of hydrogen-bond acceptors (Lipinski definition) is 4. The van der Waals surface area contributed by atoms with Gasteiger partial charge in [-0.3, -0.25) is 5.21 Å². The van der Waals surface area contributed by atoms with E-state index in [4.69, 9.17) is 10.00 Å². The van der Waals surface area contributed by atoms with Gasteiger partial charge in [0.2, 0.25) is 0 Å². The third-order valence-electron chi connectivity index (χ3n) is 1.93. The highest BCUT2D eigenvalue weighted by atomic mass is 16.6. The van der Waals surface area contributed by atoms with E-state index in [1.165, 1.54) is 0 Å². The van der Waals surface area contributed by atoms with Crippen LogP contribution in [0.25, 0.3) is 0 Å². The van der Waals surface area contributed by atoms with Crippen molar-refractivity contribution in [2.45, 2.75) is 26.4 Å². The van der Waals surface area contributed by atoms with Gasteiger partial charge in [0.1, 0.15) is 10.3 Å². The lowest BCUT2D eigenvalue weighted by Crippen LogP contribution is -2.32. The standard InChI is InChI=1S/C13H15N2O3/c1-13(2,3)18-12(16)15(17)11(9-14)10-7-5-4-6-8-10/h4-8,17H,1-3H3/q+1/b15-11-. The first-order valence-electron chi connectivity index (χ1n) is 5.39. The number of carbonyl (C=O) groups is 1. The fourth-order valence-electron chi connectivity index (χ4n) is 1.23. The van der Waals surface area contributed by atoms with Crippen molar-refractivity contribution >= 4 is 11.8 Å². The van der Waals surface area contributed by atoms with Gasteiger partial charge in [0.15, 0.2) is 6.07 Å². The molecular formula is C13H15N2O3+. The monoisotopic (exact) mass is 247 g/mol. The quantitative estimate of drug-likeness (QED) is 0.272. The Kier molecular flexibility index (Phi) is 4.05.